The molecule has 0 aliphatic rings. The van der Waals surface area contributed by atoms with E-state index in [-0.39, 0.29) is 24.3 Å². The van der Waals surface area contributed by atoms with Crippen LogP contribution in [0.15, 0.2) is 30.3 Å². The molecule has 0 aliphatic carbocycles. The third kappa shape index (κ3) is 5.19. The summed E-state index contributed by atoms with van der Waals surface area (Å²) >= 11 is 0. The van der Waals surface area contributed by atoms with Crippen LogP contribution in [0.25, 0.3) is 0 Å². The molecule has 0 bridgehead atoms. The van der Waals surface area contributed by atoms with Crippen molar-refractivity contribution >= 4 is 11.8 Å². The first-order valence-electron chi connectivity index (χ1n) is 7.28. The van der Waals surface area contributed by atoms with E-state index in [1.165, 1.54) is 0 Å². The number of likely N-dealkylation sites (N-methyl/N-ethyl adjacent to an activating group) is 1. The maximum Gasteiger partial charge on any atom is 0.244 e. The second-order valence-corrected chi connectivity index (χ2v) is 5.21. The van der Waals surface area contributed by atoms with Crippen LogP contribution in [0, 0.1) is 5.92 Å². The molecule has 1 rings (SSSR count). The molecule has 3 N–H and O–H groups in total. The molecule has 2 unspecified atom stereocenters. The predicted molar refractivity (Wildman–Crippen MR) is 83.6 cm³/mol. The lowest BCUT2D eigenvalue weighted by Gasteiger charge is -2.22. The standard InChI is InChI=1S/C16H25N3O2/c1-4-19(3)16(21)12(2)18-15(20)14(11-17)10-13-8-6-5-7-9-13/h5-9,12,14H,4,10-11,17H2,1-3H3,(H,18,20). The number of carbonyl (C=O) groups excluding carboxylic acids is 2. The second kappa shape index (κ2) is 8.42. The topological polar surface area (TPSA) is 75.4 Å². The zero-order valence-electron chi connectivity index (χ0n) is 13.0. The van der Waals surface area contributed by atoms with Gasteiger partial charge in [-0.2, -0.15) is 0 Å². The van der Waals surface area contributed by atoms with Gasteiger partial charge in [-0.25, -0.2) is 0 Å². The summed E-state index contributed by atoms with van der Waals surface area (Å²) in [6.07, 6.45) is 0.577. The summed E-state index contributed by atoms with van der Waals surface area (Å²) in [4.78, 5) is 25.8. The summed E-state index contributed by atoms with van der Waals surface area (Å²) < 4.78 is 0. The highest BCUT2D eigenvalue weighted by Crippen LogP contribution is 2.08. The summed E-state index contributed by atoms with van der Waals surface area (Å²) in [6, 6.07) is 9.20. The highest BCUT2D eigenvalue weighted by molar-refractivity contribution is 5.88. The molecule has 1 aromatic rings. The molecule has 0 heterocycles. The van der Waals surface area contributed by atoms with E-state index in [1.54, 1.807) is 18.9 Å². The molecule has 1 aromatic carbocycles. The van der Waals surface area contributed by atoms with Crippen molar-refractivity contribution in [3.63, 3.8) is 0 Å². The first-order chi connectivity index (χ1) is 9.99. The maximum atomic E-state index is 12.2. The molecule has 0 saturated heterocycles. The molecular formula is C16H25N3O2. The molecule has 0 radical (unpaired) electrons. The van der Waals surface area contributed by atoms with Gasteiger partial charge in [0.2, 0.25) is 11.8 Å². The van der Waals surface area contributed by atoms with E-state index in [2.05, 4.69) is 5.32 Å². The van der Waals surface area contributed by atoms with E-state index in [0.29, 0.717) is 13.0 Å². The monoisotopic (exact) mass is 291 g/mol. The van der Waals surface area contributed by atoms with Crippen molar-refractivity contribution in [2.24, 2.45) is 11.7 Å². The van der Waals surface area contributed by atoms with Gasteiger partial charge >= 0.3 is 0 Å². The van der Waals surface area contributed by atoms with Crippen molar-refractivity contribution in [2.75, 3.05) is 20.1 Å². The minimum atomic E-state index is -0.535. The van der Waals surface area contributed by atoms with Gasteiger partial charge in [0.1, 0.15) is 6.04 Å². The number of benzene rings is 1. The van der Waals surface area contributed by atoms with Crippen LogP contribution >= 0.6 is 0 Å². The van der Waals surface area contributed by atoms with Crippen LogP contribution in [-0.2, 0) is 16.0 Å². The van der Waals surface area contributed by atoms with E-state index in [0.717, 1.165) is 5.56 Å². The van der Waals surface area contributed by atoms with Gasteiger partial charge in [-0.1, -0.05) is 30.3 Å². The Balaban J connectivity index is 2.61. The van der Waals surface area contributed by atoms with Crippen LogP contribution in [0.1, 0.15) is 19.4 Å². The second-order valence-electron chi connectivity index (χ2n) is 5.21. The van der Waals surface area contributed by atoms with E-state index < -0.39 is 6.04 Å². The maximum absolute atomic E-state index is 12.2. The third-order valence-electron chi connectivity index (χ3n) is 3.56. The highest BCUT2D eigenvalue weighted by Gasteiger charge is 2.23. The van der Waals surface area contributed by atoms with Crippen LogP contribution in [0.4, 0.5) is 0 Å². The van der Waals surface area contributed by atoms with Gasteiger partial charge in [-0.05, 0) is 25.8 Å². The number of rotatable bonds is 7. The largest absolute Gasteiger partial charge is 0.344 e. The fourth-order valence-corrected chi connectivity index (χ4v) is 2.06. The van der Waals surface area contributed by atoms with Gasteiger partial charge in [0.25, 0.3) is 0 Å². The molecule has 2 amide bonds. The molecule has 0 spiro atoms. The SMILES string of the molecule is CCN(C)C(=O)C(C)NC(=O)C(CN)Cc1ccccc1. The number of nitrogens with two attached hydrogens (primary N) is 1. The van der Waals surface area contributed by atoms with E-state index >= 15 is 0 Å². The minimum absolute atomic E-state index is 0.0960. The Morgan fingerprint density at radius 1 is 1.29 bits per heavy atom. The summed E-state index contributed by atoms with van der Waals surface area (Å²) in [5, 5.41) is 2.76. The van der Waals surface area contributed by atoms with Crippen molar-refractivity contribution < 1.29 is 9.59 Å². The fraction of sp³-hybridized carbons (Fsp3) is 0.500. The third-order valence-corrected chi connectivity index (χ3v) is 3.56. The Bertz CT molecular complexity index is 462. The molecule has 2 atom stereocenters. The smallest absolute Gasteiger partial charge is 0.244 e. The van der Waals surface area contributed by atoms with Gasteiger partial charge in [0.15, 0.2) is 0 Å². The van der Waals surface area contributed by atoms with Gasteiger partial charge in [0.05, 0.1) is 5.92 Å². The number of nitrogens with one attached hydrogen (secondary N) is 1. The van der Waals surface area contributed by atoms with E-state index in [1.807, 2.05) is 37.3 Å². The number of carbonyl (C=O) groups is 2. The Hall–Kier alpha value is -1.88. The lowest BCUT2D eigenvalue weighted by molar-refractivity contribution is -0.135. The van der Waals surface area contributed by atoms with Crippen LogP contribution in [0.2, 0.25) is 0 Å². The lowest BCUT2D eigenvalue weighted by Crippen LogP contribution is -2.48. The zero-order chi connectivity index (χ0) is 15.8. The first kappa shape index (κ1) is 17.2. The average molecular weight is 291 g/mol. The van der Waals surface area contributed by atoms with Crippen LogP contribution in [-0.4, -0.2) is 42.9 Å². The average Bonchev–Trinajstić information content (AvgIpc) is 2.51. The predicted octanol–water partition coefficient (Wildman–Crippen LogP) is 0.787. The summed E-state index contributed by atoms with van der Waals surface area (Å²) in [7, 11) is 1.72. The fourth-order valence-electron chi connectivity index (χ4n) is 2.06. The minimum Gasteiger partial charge on any atom is -0.344 e. The van der Waals surface area contributed by atoms with Gasteiger partial charge in [-0.15, -0.1) is 0 Å². The van der Waals surface area contributed by atoms with Gasteiger partial charge in [-0.3, -0.25) is 9.59 Å². The normalized spacial score (nSPS) is 13.3. The van der Waals surface area contributed by atoms with Gasteiger partial charge < -0.3 is 16.0 Å². The number of hydrogen-bond acceptors (Lipinski definition) is 3. The van der Waals surface area contributed by atoms with E-state index in [4.69, 9.17) is 5.73 Å². The number of hydrogen-bond donors (Lipinski definition) is 2. The molecule has 5 heteroatoms. The van der Waals surface area contributed by atoms with Crippen molar-refractivity contribution in [1.82, 2.24) is 10.2 Å². The summed E-state index contributed by atoms with van der Waals surface area (Å²) in [5.74, 6) is -0.595. The Kier molecular flexibility index (Phi) is 6.88. The quantitative estimate of drug-likeness (QED) is 0.780. The molecule has 5 nitrogen and oxygen atoms in total. The Morgan fingerprint density at radius 3 is 2.43 bits per heavy atom. The molecule has 116 valence electrons. The van der Waals surface area contributed by atoms with Crippen molar-refractivity contribution in [3.8, 4) is 0 Å². The van der Waals surface area contributed by atoms with Crippen LogP contribution < -0.4 is 11.1 Å². The Labute approximate surface area is 126 Å². The molecule has 0 aliphatic heterocycles. The number of nitrogens with zero attached hydrogens (tertiary/aromatic N) is 1. The van der Waals surface area contributed by atoms with E-state index in [9.17, 15) is 9.59 Å². The molecule has 0 fully saturated rings. The summed E-state index contributed by atoms with van der Waals surface area (Å²) in [6.45, 7) is 4.46. The molecular weight excluding hydrogens is 266 g/mol. The molecule has 21 heavy (non-hydrogen) atoms. The first-order valence-corrected chi connectivity index (χ1v) is 7.28. The molecule has 0 aromatic heterocycles. The summed E-state index contributed by atoms with van der Waals surface area (Å²) in [5.41, 5.74) is 6.77. The Morgan fingerprint density at radius 2 is 1.90 bits per heavy atom. The van der Waals surface area contributed by atoms with Crippen molar-refractivity contribution in [3.05, 3.63) is 35.9 Å². The van der Waals surface area contributed by atoms with Crippen molar-refractivity contribution in [1.29, 1.82) is 0 Å². The van der Waals surface area contributed by atoms with Crippen molar-refractivity contribution in [2.45, 2.75) is 26.3 Å². The zero-order valence-corrected chi connectivity index (χ0v) is 13.0. The number of amides is 2. The lowest BCUT2D eigenvalue weighted by atomic mass is 9.98. The van der Waals surface area contributed by atoms with Crippen LogP contribution in [0.5, 0.6) is 0 Å². The highest BCUT2D eigenvalue weighted by atomic mass is 16.2. The van der Waals surface area contributed by atoms with Gasteiger partial charge in [0, 0.05) is 20.1 Å². The molecule has 0 saturated carbocycles. The van der Waals surface area contributed by atoms with Crippen LogP contribution in [0.3, 0.4) is 0 Å².